The zero-order chi connectivity index (χ0) is 16.5. The number of benzene rings is 1. The number of hydrogen-bond donors (Lipinski definition) is 1. The third-order valence-corrected chi connectivity index (χ3v) is 3.17. The lowest BCUT2D eigenvalue weighted by Crippen LogP contribution is -2.38. The molecule has 5 heteroatoms. The van der Waals surface area contributed by atoms with Gasteiger partial charge in [0.1, 0.15) is 6.10 Å². The summed E-state index contributed by atoms with van der Waals surface area (Å²) in [6, 6.07) is 8.93. The molecular formula is C17H25NO4. The molecule has 0 aromatic heterocycles. The van der Waals surface area contributed by atoms with Crippen molar-refractivity contribution in [1.82, 2.24) is 5.32 Å². The fraction of sp³-hybridized carbons (Fsp3) is 0.529. The molecule has 1 rings (SSSR count). The number of hydrogen-bond acceptors (Lipinski definition) is 4. The maximum Gasteiger partial charge on any atom is 0.307 e. The number of nitrogens with one attached hydrogen (secondary N) is 1. The molecule has 0 fully saturated rings. The normalized spacial score (nSPS) is 13.5. The van der Waals surface area contributed by atoms with E-state index in [4.69, 9.17) is 9.47 Å². The van der Waals surface area contributed by atoms with Gasteiger partial charge in [-0.05, 0) is 18.4 Å². The largest absolute Gasteiger partial charge is 0.469 e. The number of methoxy groups -OCH3 is 1. The summed E-state index contributed by atoms with van der Waals surface area (Å²) in [5.41, 5.74) is 0.859. The van der Waals surface area contributed by atoms with E-state index in [1.807, 2.05) is 44.2 Å². The van der Waals surface area contributed by atoms with Crippen LogP contribution in [-0.4, -0.2) is 31.7 Å². The average molecular weight is 307 g/mol. The van der Waals surface area contributed by atoms with E-state index in [-0.39, 0.29) is 18.3 Å². The molecule has 0 spiro atoms. The van der Waals surface area contributed by atoms with Crippen LogP contribution in [0.5, 0.6) is 0 Å². The first-order chi connectivity index (χ1) is 10.4. The van der Waals surface area contributed by atoms with Crippen LogP contribution in [0.1, 0.15) is 38.8 Å². The number of rotatable bonds is 8. The zero-order valence-electron chi connectivity index (χ0n) is 13.7. The molecule has 0 heterocycles. The van der Waals surface area contributed by atoms with Gasteiger partial charge < -0.3 is 14.8 Å². The molecule has 5 nitrogen and oxygen atoms in total. The summed E-state index contributed by atoms with van der Waals surface area (Å²) in [5, 5.41) is 2.86. The van der Waals surface area contributed by atoms with Gasteiger partial charge in [0.05, 0.1) is 19.6 Å². The average Bonchev–Trinajstić information content (AvgIpc) is 2.52. The fourth-order valence-electron chi connectivity index (χ4n) is 1.89. The van der Waals surface area contributed by atoms with Crippen LogP contribution in [0.15, 0.2) is 30.3 Å². The molecule has 0 saturated carbocycles. The van der Waals surface area contributed by atoms with E-state index in [0.29, 0.717) is 12.5 Å². The summed E-state index contributed by atoms with van der Waals surface area (Å²) in [7, 11) is 1.33. The van der Waals surface area contributed by atoms with Crippen LogP contribution in [0.2, 0.25) is 0 Å². The predicted octanol–water partition coefficient (Wildman–Crippen LogP) is 2.47. The second kappa shape index (κ2) is 9.20. The maximum absolute atomic E-state index is 12.2. The van der Waals surface area contributed by atoms with E-state index in [1.54, 1.807) is 6.92 Å². The third-order valence-electron chi connectivity index (χ3n) is 3.17. The molecule has 1 amide bonds. The first-order valence-electron chi connectivity index (χ1n) is 7.47. The van der Waals surface area contributed by atoms with Crippen molar-refractivity contribution in [3.63, 3.8) is 0 Å². The molecule has 1 aromatic carbocycles. The fourth-order valence-corrected chi connectivity index (χ4v) is 1.89. The summed E-state index contributed by atoms with van der Waals surface area (Å²) >= 11 is 0. The van der Waals surface area contributed by atoms with Crippen molar-refractivity contribution in [2.45, 2.75) is 39.3 Å². The molecule has 0 aliphatic heterocycles. The Bertz CT molecular complexity index is 473. The van der Waals surface area contributed by atoms with Crippen LogP contribution in [-0.2, 0) is 19.1 Å². The lowest BCUT2D eigenvalue weighted by atomic mass is 10.0. The van der Waals surface area contributed by atoms with E-state index in [1.165, 1.54) is 7.11 Å². The summed E-state index contributed by atoms with van der Waals surface area (Å²) in [4.78, 5) is 23.8. The highest BCUT2D eigenvalue weighted by atomic mass is 16.5. The Labute approximate surface area is 132 Å². The Balaban J connectivity index is 2.71. The molecule has 2 atom stereocenters. The highest BCUT2D eigenvalue weighted by molar-refractivity contribution is 5.81. The van der Waals surface area contributed by atoms with E-state index < -0.39 is 12.1 Å². The minimum absolute atomic E-state index is 0.0865. The Morgan fingerprint density at radius 1 is 1.14 bits per heavy atom. The van der Waals surface area contributed by atoms with Gasteiger partial charge in [0, 0.05) is 6.61 Å². The van der Waals surface area contributed by atoms with Gasteiger partial charge in [-0.2, -0.15) is 0 Å². The molecule has 0 bridgehead atoms. The van der Waals surface area contributed by atoms with Crippen LogP contribution in [0, 0.1) is 5.92 Å². The van der Waals surface area contributed by atoms with Gasteiger partial charge in [-0.3, -0.25) is 9.59 Å². The van der Waals surface area contributed by atoms with E-state index in [2.05, 4.69) is 5.32 Å². The SMILES string of the molecule is COC(=O)C[C@@H](NC(=O)[C@@H](C)OCC(C)C)c1ccccc1. The summed E-state index contributed by atoms with van der Waals surface area (Å²) in [6.07, 6.45) is -0.477. The van der Waals surface area contributed by atoms with Gasteiger partial charge >= 0.3 is 5.97 Å². The van der Waals surface area contributed by atoms with Gasteiger partial charge in [-0.15, -0.1) is 0 Å². The molecule has 1 N–H and O–H groups in total. The van der Waals surface area contributed by atoms with Crippen LogP contribution < -0.4 is 5.32 Å². The number of carbonyl (C=O) groups is 2. The van der Waals surface area contributed by atoms with Crippen molar-refractivity contribution in [2.24, 2.45) is 5.92 Å². The van der Waals surface area contributed by atoms with Gasteiger partial charge in [-0.1, -0.05) is 44.2 Å². The minimum atomic E-state index is -0.564. The van der Waals surface area contributed by atoms with Crippen molar-refractivity contribution in [3.8, 4) is 0 Å². The zero-order valence-corrected chi connectivity index (χ0v) is 13.7. The molecule has 0 unspecified atom stereocenters. The van der Waals surface area contributed by atoms with Crippen LogP contribution in [0.25, 0.3) is 0 Å². The molecule has 0 radical (unpaired) electrons. The van der Waals surface area contributed by atoms with Crippen molar-refractivity contribution < 1.29 is 19.1 Å². The number of carbonyl (C=O) groups excluding carboxylic acids is 2. The van der Waals surface area contributed by atoms with E-state index in [0.717, 1.165) is 5.56 Å². The van der Waals surface area contributed by atoms with Crippen molar-refractivity contribution in [1.29, 1.82) is 0 Å². The lowest BCUT2D eigenvalue weighted by molar-refractivity contribution is -0.141. The molecular weight excluding hydrogens is 282 g/mol. The van der Waals surface area contributed by atoms with Crippen LogP contribution >= 0.6 is 0 Å². The first kappa shape index (κ1) is 18.2. The summed E-state index contributed by atoms with van der Waals surface area (Å²) < 4.78 is 10.2. The minimum Gasteiger partial charge on any atom is -0.469 e. The molecule has 122 valence electrons. The van der Waals surface area contributed by atoms with Crippen LogP contribution in [0.4, 0.5) is 0 Å². The van der Waals surface area contributed by atoms with Crippen LogP contribution in [0.3, 0.4) is 0 Å². The number of amides is 1. The molecule has 0 aliphatic rings. The first-order valence-corrected chi connectivity index (χ1v) is 7.47. The smallest absolute Gasteiger partial charge is 0.307 e. The van der Waals surface area contributed by atoms with Gasteiger partial charge in [0.15, 0.2) is 0 Å². The van der Waals surface area contributed by atoms with Gasteiger partial charge in [0.2, 0.25) is 5.91 Å². The molecule has 0 aliphatic carbocycles. The Hall–Kier alpha value is -1.88. The van der Waals surface area contributed by atoms with Crippen molar-refractivity contribution in [3.05, 3.63) is 35.9 Å². The van der Waals surface area contributed by atoms with Crippen molar-refractivity contribution in [2.75, 3.05) is 13.7 Å². The highest BCUT2D eigenvalue weighted by Crippen LogP contribution is 2.17. The van der Waals surface area contributed by atoms with Gasteiger partial charge in [0.25, 0.3) is 0 Å². The van der Waals surface area contributed by atoms with E-state index >= 15 is 0 Å². The van der Waals surface area contributed by atoms with Gasteiger partial charge in [-0.25, -0.2) is 0 Å². The molecule has 0 saturated heterocycles. The molecule has 22 heavy (non-hydrogen) atoms. The number of esters is 1. The maximum atomic E-state index is 12.2. The quantitative estimate of drug-likeness (QED) is 0.749. The summed E-state index contributed by atoms with van der Waals surface area (Å²) in [5.74, 6) is -0.251. The van der Waals surface area contributed by atoms with E-state index in [9.17, 15) is 9.59 Å². The predicted molar refractivity (Wildman–Crippen MR) is 84.2 cm³/mol. The third kappa shape index (κ3) is 6.26. The Morgan fingerprint density at radius 2 is 1.77 bits per heavy atom. The topological polar surface area (TPSA) is 64.6 Å². The van der Waals surface area contributed by atoms with Crippen molar-refractivity contribution >= 4 is 11.9 Å². The second-order valence-corrected chi connectivity index (χ2v) is 5.62. The Morgan fingerprint density at radius 3 is 2.32 bits per heavy atom. The lowest BCUT2D eigenvalue weighted by Gasteiger charge is -2.21. The Kier molecular flexibility index (Phi) is 7.60. The molecule has 1 aromatic rings. The highest BCUT2D eigenvalue weighted by Gasteiger charge is 2.22. The number of ether oxygens (including phenoxy) is 2. The monoisotopic (exact) mass is 307 g/mol. The second-order valence-electron chi connectivity index (χ2n) is 5.62. The standard InChI is InChI=1S/C17H25NO4/c1-12(2)11-22-13(3)17(20)18-15(10-16(19)21-4)14-8-6-5-7-9-14/h5-9,12-13,15H,10-11H2,1-4H3,(H,18,20)/t13-,15-/m1/s1. The summed E-state index contributed by atoms with van der Waals surface area (Å²) in [6.45, 7) is 6.27.